The molecule has 4 atom stereocenters. The molecular formula is C19H24O. The Morgan fingerprint density at radius 3 is 2.85 bits per heavy atom. The van der Waals surface area contributed by atoms with E-state index in [-0.39, 0.29) is 5.41 Å². The third-order valence-electron chi connectivity index (χ3n) is 6.72. The quantitative estimate of drug-likeness (QED) is 0.680. The lowest BCUT2D eigenvalue weighted by Gasteiger charge is -2.48. The van der Waals surface area contributed by atoms with E-state index in [1.807, 2.05) is 0 Å². The van der Waals surface area contributed by atoms with E-state index in [1.54, 1.807) is 11.1 Å². The van der Waals surface area contributed by atoms with Gasteiger partial charge in [-0.05, 0) is 73.5 Å². The first kappa shape index (κ1) is 12.6. The molecule has 0 amide bonds. The van der Waals surface area contributed by atoms with E-state index >= 15 is 0 Å². The molecule has 0 unspecified atom stereocenters. The van der Waals surface area contributed by atoms with Crippen LogP contribution in [0.25, 0.3) is 0 Å². The zero-order valence-corrected chi connectivity index (χ0v) is 12.6. The first-order valence-corrected chi connectivity index (χ1v) is 8.23. The van der Waals surface area contributed by atoms with Crippen molar-refractivity contribution in [1.82, 2.24) is 0 Å². The molecule has 3 aliphatic rings. The predicted molar refractivity (Wildman–Crippen MR) is 80.8 cm³/mol. The smallest absolute Gasteiger partial charge is 0.139 e. The lowest BCUT2D eigenvalue weighted by molar-refractivity contribution is -0.129. The summed E-state index contributed by atoms with van der Waals surface area (Å²) < 4.78 is 0. The molecule has 1 aromatic rings. The normalized spacial score (nSPS) is 39.1. The average molecular weight is 268 g/mol. The van der Waals surface area contributed by atoms with Gasteiger partial charge in [-0.1, -0.05) is 25.1 Å². The number of ketones is 1. The van der Waals surface area contributed by atoms with Gasteiger partial charge in [0.05, 0.1) is 0 Å². The average Bonchev–Trinajstić information content (AvgIpc) is 2.75. The molecule has 0 aliphatic heterocycles. The van der Waals surface area contributed by atoms with Gasteiger partial charge in [0.25, 0.3) is 0 Å². The lowest BCUT2D eigenvalue weighted by Crippen LogP contribution is -2.42. The molecule has 0 heterocycles. The molecule has 0 saturated heterocycles. The Morgan fingerprint density at radius 1 is 1.15 bits per heavy atom. The van der Waals surface area contributed by atoms with E-state index in [2.05, 4.69) is 32.0 Å². The maximum Gasteiger partial charge on any atom is 0.139 e. The van der Waals surface area contributed by atoms with Crippen LogP contribution >= 0.6 is 0 Å². The van der Waals surface area contributed by atoms with E-state index < -0.39 is 0 Å². The highest BCUT2D eigenvalue weighted by Crippen LogP contribution is 2.59. The molecule has 2 fully saturated rings. The van der Waals surface area contributed by atoms with E-state index in [0.717, 1.165) is 31.1 Å². The predicted octanol–water partition coefficient (Wildman–Crippen LogP) is 4.42. The minimum absolute atomic E-state index is 0.0164. The molecular weight excluding hydrogens is 244 g/mol. The van der Waals surface area contributed by atoms with E-state index in [0.29, 0.717) is 11.7 Å². The number of hydrogen-bond acceptors (Lipinski definition) is 1. The summed E-state index contributed by atoms with van der Waals surface area (Å²) in [6.45, 7) is 4.51. The van der Waals surface area contributed by atoms with Crippen LogP contribution in [0.4, 0.5) is 0 Å². The van der Waals surface area contributed by atoms with Gasteiger partial charge < -0.3 is 0 Å². The summed E-state index contributed by atoms with van der Waals surface area (Å²) in [6, 6.07) is 6.84. The molecule has 0 radical (unpaired) electrons. The van der Waals surface area contributed by atoms with Crippen molar-refractivity contribution < 1.29 is 4.79 Å². The number of hydrogen-bond donors (Lipinski definition) is 0. The highest BCUT2D eigenvalue weighted by atomic mass is 16.1. The van der Waals surface area contributed by atoms with Crippen molar-refractivity contribution in [3.63, 3.8) is 0 Å². The number of carbonyl (C=O) groups excluding carboxylic acids is 1. The van der Waals surface area contributed by atoms with Gasteiger partial charge in [-0.3, -0.25) is 4.79 Å². The first-order valence-electron chi connectivity index (χ1n) is 8.23. The number of fused-ring (bicyclic) bond motifs is 5. The molecule has 1 nitrogen and oxygen atoms in total. The summed E-state index contributed by atoms with van der Waals surface area (Å²) in [4.78, 5) is 12.3. The first-order chi connectivity index (χ1) is 9.61. The zero-order valence-electron chi connectivity index (χ0n) is 12.6. The second-order valence-corrected chi connectivity index (χ2v) is 7.48. The molecule has 0 aromatic heterocycles. The summed E-state index contributed by atoms with van der Waals surface area (Å²) in [6.07, 6.45) is 6.85. The zero-order chi connectivity index (χ0) is 13.9. The maximum atomic E-state index is 12.3. The van der Waals surface area contributed by atoms with Gasteiger partial charge in [-0.25, -0.2) is 0 Å². The van der Waals surface area contributed by atoms with Crippen molar-refractivity contribution in [2.45, 2.75) is 58.3 Å². The van der Waals surface area contributed by atoms with Crippen LogP contribution in [0.5, 0.6) is 0 Å². The van der Waals surface area contributed by atoms with Crippen LogP contribution in [-0.4, -0.2) is 5.78 Å². The Hall–Kier alpha value is -1.11. The van der Waals surface area contributed by atoms with E-state index in [4.69, 9.17) is 0 Å². The minimum atomic E-state index is 0.0164. The Kier molecular flexibility index (Phi) is 2.64. The fourth-order valence-electron chi connectivity index (χ4n) is 5.57. The Morgan fingerprint density at radius 2 is 2.00 bits per heavy atom. The molecule has 1 aromatic carbocycles. The van der Waals surface area contributed by atoms with Gasteiger partial charge in [0.15, 0.2) is 0 Å². The van der Waals surface area contributed by atoms with Crippen molar-refractivity contribution >= 4 is 5.78 Å². The number of carbonyl (C=O) groups is 1. The van der Waals surface area contributed by atoms with Gasteiger partial charge in [-0.15, -0.1) is 0 Å². The largest absolute Gasteiger partial charge is 0.299 e. The summed E-state index contributed by atoms with van der Waals surface area (Å²) >= 11 is 0. The van der Waals surface area contributed by atoms with Crippen molar-refractivity contribution in [2.24, 2.45) is 17.3 Å². The van der Waals surface area contributed by atoms with Gasteiger partial charge in [0.2, 0.25) is 0 Å². The Bertz CT molecular complexity index is 573. The molecule has 1 heteroatoms. The third-order valence-corrected chi connectivity index (χ3v) is 6.72. The van der Waals surface area contributed by atoms with Crippen molar-refractivity contribution in [3.8, 4) is 0 Å². The fraction of sp³-hybridized carbons (Fsp3) is 0.632. The Balaban J connectivity index is 1.75. The summed E-state index contributed by atoms with van der Waals surface area (Å²) in [5.74, 6) is 2.69. The van der Waals surface area contributed by atoms with Crippen LogP contribution in [0.1, 0.15) is 61.6 Å². The Labute approximate surface area is 121 Å². The van der Waals surface area contributed by atoms with Gasteiger partial charge in [-0.2, -0.15) is 0 Å². The van der Waals surface area contributed by atoms with Crippen molar-refractivity contribution in [1.29, 1.82) is 0 Å². The molecule has 0 spiro atoms. The second kappa shape index (κ2) is 4.19. The molecule has 20 heavy (non-hydrogen) atoms. The van der Waals surface area contributed by atoms with Crippen LogP contribution < -0.4 is 0 Å². The van der Waals surface area contributed by atoms with Crippen molar-refractivity contribution in [3.05, 3.63) is 34.9 Å². The van der Waals surface area contributed by atoms with Gasteiger partial charge in [0, 0.05) is 11.8 Å². The van der Waals surface area contributed by atoms with Crippen molar-refractivity contribution in [2.75, 3.05) is 0 Å². The minimum Gasteiger partial charge on any atom is -0.299 e. The monoisotopic (exact) mass is 268 g/mol. The molecule has 0 N–H and O–H groups in total. The number of aryl methyl sites for hydroxylation is 1. The highest BCUT2D eigenvalue weighted by molar-refractivity contribution is 5.87. The van der Waals surface area contributed by atoms with Crippen LogP contribution in [0.15, 0.2) is 18.2 Å². The maximum absolute atomic E-state index is 12.3. The highest BCUT2D eigenvalue weighted by Gasteiger charge is 2.54. The van der Waals surface area contributed by atoms with Crippen LogP contribution in [-0.2, 0) is 11.2 Å². The number of benzene rings is 1. The topological polar surface area (TPSA) is 17.1 Å². The number of rotatable bonds is 0. The van der Waals surface area contributed by atoms with Crippen LogP contribution in [0.3, 0.4) is 0 Å². The standard InChI is InChI=1S/C19H24O/c1-12-4-3-5-14-13(12)6-7-16-15(14)10-11-19(2)17(16)8-9-18(19)20/h3-5,15-17H,6-11H2,1-2H3/t15-,16-,17+,19+/m1/s1. The molecule has 2 saturated carbocycles. The number of Topliss-reactive ketones (excluding diaryl/α,β-unsaturated/α-hetero) is 1. The second-order valence-electron chi connectivity index (χ2n) is 7.48. The SMILES string of the molecule is Cc1cccc2c1CC[C@@H]1[C@@H]2CC[C@]2(C)C(=O)CC[C@@H]12. The van der Waals surface area contributed by atoms with Gasteiger partial charge in [0.1, 0.15) is 5.78 Å². The van der Waals surface area contributed by atoms with Gasteiger partial charge >= 0.3 is 0 Å². The third kappa shape index (κ3) is 1.52. The summed E-state index contributed by atoms with van der Waals surface area (Å²) in [7, 11) is 0. The molecule has 3 aliphatic carbocycles. The van der Waals surface area contributed by atoms with Crippen LogP contribution in [0.2, 0.25) is 0 Å². The molecule has 106 valence electrons. The summed E-state index contributed by atoms with van der Waals surface area (Å²) in [5.41, 5.74) is 4.71. The van der Waals surface area contributed by atoms with Crippen LogP contribution in [0, 0.1) is 24.2 Å². The lowest BCUT2D eigenvalue weighted by atomic mass is 9.55. The fourth-order valence-corrected chi connectivity index (χ4v) is 5.57. The van der Waals surface area contributed by atoms with E-state index in [1.165, 1.54) is 24.8 Å². The molecule has 0 bridgehead atoms. The summed E-state index contributed by atoms with van der Waals surface area (Å²) in [5, 5.41) is 0. The molecule has 4 rings (SSSR count). The van der Waals surface area contributed by atoms with E-state index in [9.17, 15) is 4.79 Å².